The van der Waals surface area contributed by atoms with Crippen LogP contribution in [0.5, 0.6) is 0 Å². The van der Waals surface area contributed by atoms with Crippen LogP contribution in [-0.4, -0.2) is 28.9 Å². The van der Waals surface area contributed by atoms with Crippen LogP contribution in [0.3, 0.4) is 0 Å². The molecule has 1 N–H and O–H groups in total. The van der Waals surface area contributed by atoms with Crippen molar-refractivity contribution in [3.05, 3.63) is 34.2 Å². The van der Waals surface area contributed by atoms with Crippen molar-refractivity contribution in [3.8, 4) is 0 Å². The normalized spacial score (nSPS) is 23.8. The molecular formula is C13H17NO4. The first kappa shape index (κ1) is 12.8. The highest BCUT2D eigenvalue weighted by molar-refractivity contribution is 5.86. The van der Waals surface area contributed by atoms with Crippen LogP contribution in [-0.2, 0) is 4.74 Å². The van der Waals surface area contributed by atoms with Crippen LogP contribution in [0.2, 0.25) is 0 Å². The molecule has 1 aromatic heterocycles. The molecule has 0 radical (unpaired) electrons. The van der Waals surface area contributed by atoms with E-state index in [0.717, 1.165) is 25.7 Å². The molecule has 0 bridgehead atoms. The molecule has 1 aliphatic rings. The van der Waals surface area contributed by atoms with Crippen LogP contribution in [0.1, 0.15) is 42.1 Å². The van der Waals surface area contributed by atoms with Gasteiger partial charge in [-0.1, -0.05) is 0 Å². The van der Waals surface area contributed by atoms with E-state index in [9.17, 15) is 9.59 Å². The Hall–Kier alpha value is -1.62. The largest absolute Gasteiger partial charge is 0.477 e. The topological polar surface area (TPSA) is 68.5 Å². The third-order valence-electron chi connectivity index (χ3n) is 3.53. The van der Waals surface area contributed by atoms with Crippen LogP contribution >= 0.6 is 0 Å². The summed E-state index contributed by atoms with van der Waals surface area (Å²) in [5.74, 6) is -1.17. The highest BCUT2D eigenvalue weighted by Gasteiger charge is 2.24. The Balaban J connectivity index is 2.31. The summed E-state index contributed by atoms with van der Waals surface area (Å²) >= 11 is 0. The molecule has 5 nitrogen and oxygen atoms in total. The Morgan fingerprint density at radius 3 is 2.94 bits per heavy atom. The van der Waals surface area contributed by atoms with Crippen molar-refractivity contribution < 1.29 is 14.6 Å². The highest BCUT2D eigenvalue weighted by atomic mass is 16.5. The molecule has 0 unspecified atom stereocenters. The molecule has 98 valence electrons. The SMILES string of the molecule is CO[C@@H]1CCC[C@H](n2cccc(C(=O)O)c2=O)C1. The molecule has 2 atom stereocenters. The van der Waals surface area contributed by atoms with E-state index in [1.165, 1.54) is 10.6 Å². The zero-order valence-corrected chi connectivity index (χ0v) is 10.3. The number of rotatable bonds is 3. The molecule has 2 rings (SSSR count). The monoisotopic (exact) mass is 251 g/mol. The lowest BCUT2D eigenvalue weighted by Gasteiger charge is -2.29. The molecule has 1 aromatic rings. The van der Waals surface area contributed by atoms with Crippen molar-refractivity contribution in [3.63, 3.8) is 0 Å². The Kier molecular flexibility index (Phi) is 3.81. The molecule has 1 saturated carbocycles. The minimum absolute atomic E-state index is 0.0375. The highest BCUT2D eigenvalue weighted by Crippen LogP contribution is 2.28. The number of aromatic nitrogens is 1. The summed E-state index contributed by atoms with van der Waals surface area (Å²) in [4.78, 5) is 23.0. The zero-order valence-electron chi connectivity index (χ0n) is 10.3. The van der Waals surface area contributed by atoms with Crippen molar-refractivity contribution in [1.82, 2.24) is 4.57 Å². The van der Waals surface area contributed by atoms with Crippen LogP contribution in [0.4, 0.5) is 0 Å². The lowest BCUT2D eigenvalue weighted by molar-refractivity contribution is 0.0522. The van der Waals surface area contributed by atoms with Crippen molar-refractivity contribution in [2.75, 3.05) is 7.11 Å². The van der Waals surface area contributed by atoms with E-state index in [4.69, 9.17) is 9.84 Å². The summed E-state index contributed by atoms with van der Waals surface area (Å²) in [7, 11) is 1.67. The van der Waals surface area contributed by atoms with Gasteiger partial charge in [0.15, 0.2) is 0 Å². The Morgan fingerprint density at radius 1 is 1.50 bits per heavy atom. The number of hydrogen-bond donors (Lipinski definition) is 1. The molecule has 0 saturated heterocycles. The first-order chi connectivity index (χ1) is 8.63. The minimum Gasteiger partial charge on any atom is -0.477 e. The predicted molar refractivity (Wildman–Crippen MR) is 66.0 cm³/mol. The van der Waals surface area contributed by atoms with Gasteiger partial charge in [0.2, 0.25) is 0 Å². The zero-order chi connectivity index (χ0) is 13.1. The number of hydrogen-bond acceptors (Lipinski definition) is 3. The second-order valence-corrected chi connectivity index (χ2v) is 4.62. The van der Waals surface area contributed by atoms with E-state index >= 15 is 0 Å². The van der Waals surface area contributed by atoms with Crippen LogP contribution in [0.15, 0.2) is 23.1 Å². The van der Waals surface area contributed by atoms with Gasteiger partial charge in [-0.25, -0.2) is 4.79 Å². The summed E-state index contributed by atoms with van der Waals surface area (Å²) < 4.78 is 6.87. The lowest BCUT2D eigenvalue weighted by atomic mass is 9.92. The van der Waals surface area contributed by atoms with Gasteiger partial charge in [0.1, 0.15) is 5.56 Å². The molecule has 0 aromatic carbocycles. The number of pyridine rings is 1. The maximum Gasteiger partial charge on any atom is 0.341 e. The number of methoxy groups -OCH3 is 1. The fraction of sp³-hybridized carbons (Fsp3) is 0.538. The molecule has 0 aliphatic heterocycles. The molecule has 5 heteroatoms. The van der Waals surface area contributed by atoms with E-state index in [1.807, 2.05) is 0 Å². The van der Waals surface area contributed by atoms with Crippen molar-refractivity contribution >= 4 is 5.97 Å². The van der Waals surface area contributed by atoms with Gasteiger partial charge >= 0.3 is 5.97 Å². The quantitative estimate of drug-likeness (QED) is 0.887. The molecule has 18 heavy (non-hydrogen) atoms. The fourth-order valence-corrected chi connectivity index (χ4v) is 2.55. The number of carbonyl (C=O) groups is 1. The average Bonchev–Trinajstić information content (AvgIpc) is 2.38. The fourth-order valence-electron chi connectivity index (χ4n) is 2.55. The first-order valence-corrected chi connectivity index (χ1v) is 6.10. The maximum atomic E-state index is 12.0. The maximum absolute atomic E-state index is 12.0. The summed E-state index contributed by atoms with van der Waals surface area (Å²) in [6.07, 6.45) is 5.47. The molecular weight excluding hydrogens is 234 g/mol. The Labute approximate surface area is 105 Å². The second kappa shape index (κ2) is 5.35. The van der Waals surface area contributed by atoms with Gasteiger partial charge in [0.25, 0.3) is 5.56 Å². The molecule has 1 heterocycles. The summed E-state index contributed by atoms with van der Waals surface area (Å²) in [5, 5.41) is 8.95. The second-order valence-electron chi connectivity index (χ2n) is 4.62. The van der Waals surface area contributed by atoms with Gasteiger partial charge in [-0.05, 0) is 37.8 Å². The molecule has 0 amide bonds. The van der Waals surface area contributed by atoms with E-state index in [1.54, 1.807) is 19.4 Å². The van der Waals surface area contributed by atoms with Gasteiger partial charge in [-0.3, -0.25) is 4.79 Å². The van der Waals surface area contributed by atoms with E-state index < -0.39 is 11.5 Å². The predicted octanol–water partition coefficient (Wildman–Crippen LogP) is 1.68. The van der Waals surface area contributed by atoms with Crippen molar-refractivity contribution in [1.29, 1.82) is 0 Å². The Bertz CT molecular complexity index is 494. The van der Waals surface area contributed by atoms with Crippen molar-refractivity contribution in [2.24, 2.45) is 0 Å². The summed E-state index contributed by atoms with van der Waals surface area (Å²) in [6, 6.07) is 2.99. The number of nitrogens with zero attached hydrogens (tertiary/aromatic N) is 1. The number of aromatic carboxylic acids is 1. The third-order valence-corrected chi connectivity index (χ3v) is 3.53. The average molecular weight is 251 g/mol. The van der Waals surface area contributed by atoms with Crippen LogP contribution in [0.25, 0.3) is 0 Å². The van der Waals surface area contributed by atoms with Gasteiger partial charge in [-0.2, -0.15) is 0 Å². The van der Waals surface area contributed by atoms with E-state index in [0.29, 0.717) is 0 Å². The minimum atomic E-state index is -1.17. The lowest BCUT2D eigenvalue weighted by Crippen LogP contribution is -2.33. The Morgan fingerprint density at radius 2 is 2.28 bits per heavy atom. The number of carboxylic acid groups (broad SMARTS) is 1. The summed E-state index contributed by atoms with van der Waals surface area (Å²) in [5.41, 5.74) is -0.594. The first-order valence-electron chi connectivity index (χ1n) is 6.10. The van der Waals surface area contributed by atoms with Crippen LogP contribution < -0.4 is 5.56 Å². The third kappa shape index (κ3) is 2.46. The van der Waals surface area contributed by atoms with Gasteiger partial charge in [-0.15, -0.1) is 0 Å². The summed E-state index contributed by atoms with van der Waals surface area (Å²) in [6.45, 7) is 0. The number of carboxylic acids is 1. The standard InChI is InChI=1S/C13H17NO4/c1-18-10-5-2-4-9(8-10)14-7-3-6-11(12(14)15)13(16)17/h3,6-7,9-10H,2,4-5,8H2,1H3,(H,16,17)/t9-,10+/m0/s1. The van der Waals surface area contributed by atoms with Crippen LogP contribution in [0, 0.1) is 0 Å². The number of ether oxygens (including phenoxy) is 1. The smallest absolute Gasteiger partial charge is 0.341 e. The van der Waals surface area contributed by atoms with Gasteiger partial charge in [0.05, 0.1) is 6.10 Å². The molecule has 1 aliphatic carbocycles. The molecule has 0 spiro atoms. The van der Waals surface area contributed by atoms with E-state index in [2.05, 4.69) is 0 Å². The van der Waals surface area contributed by atoms with E-state index in [-0.39, 0.29) is 17.7 Å². The van der Waals surface area contributed by atoms with Crippen molar-refractivity contribution in [2.45, 2.75) is 37.8 Å². The molecule has 1 fully saturated rings. The van der Waals surface area contributed by atoms with Gasteiger partial charge < -0.3 is 14.4 Å². The van der Waals surface area contributed by atoms with Gasteiger partial charge in [0, 0.05) is 19.3 Å².